The highest BCUT2D eigenvalue weighted by Gasteiger charge is 2.20. The molecule has 2 aromatic heterocycles. The molecule has 0 radical (unpaired) electrons. The monoisotopic (exact) mass is 354 g/mol. The van der Waals surface area contributed by atoms with Gasteiger partial charge in [-0.3, -0.25) is 4.68 Å². The van der Waals surface area contributed by atoms with E-state index in [1.165, 1.54) is 25.7 Å². The van der Waals surface area contributed by atoms with Crippen LogP contribution in [0.25, 0.3) is 0 Å². The highest BCUT2D eigenvalue weighted by molar-refractivity contribution is 5.78. The molecule has 2 fully saturated rings. The average molecular weight is 354 g/mol. The zero-order valence-electron chi connectivity index (χ0n) is 15.0. The summed E-state index contributed by atoms with van der Waals surface area (Å²) >= 11 is 0. The molecule has 1 aliphatic heterocycles. The van der Waals surface area contributed by atoms with Crippen molar-refractivity contribution in [2.45, 2.75) is 38.3 Å². The van der Waals surface area contributed by atoms with Crippen LogP contribution < -0.4 is 10.6 Å². The number of hydrogen-bond donors (Lipinski definition) is 1. The number of anilines is 1. The minimum atomic E-state index is 0.535. The van der Waals surface area contributed by atoms with Gasteiger partial charge >= 0.3 is 0 Å². The van der Waals surface area contributed by atoms with E-state index in [1.54, 1.807) is 12.4 Å². The van der Waals surface area contributed by atoms with Gasteiger partial charge in [-0.25, -0.2) is 15.0 Å². The highest BCUT2D eigenvalue weighted by Crippen LogP contribution is 2.28. The van der Waals surface area contributed by atoms with E-state index in [2.05, 4.69) is 46.8 Å². The SMILES string of the molecule is NC(=NCc1ccn(C2CCCC2)n1)N1CCN(c2ncccn2)CC1. The van der Waals surface area contributed by atoms with Gasteiger partial charge in [0.1, 0.15) is 0 Å². The first-order valence-corrected chi connectivity index (χ1v) is 9.40. The predicted octanol–water partition coefficient (Wildman–Crippen LogP) is 1.43. The number of aliphatic imine (C=N–C) groups is 1. The van der Waals surface area contributed by atoms with Crippen LogP contribution >= 0.6 is 0 Å². The van der Waals surface area contributed by atoms with Gasteiger partial charge in [-0.05, 0) is 25.0 Å². The van der Waals surface area contributed by atoms with E-state index in [-0.39, 0.29) is 0 Å². The van der Waals surface area contributed by atoms with Gasteiger partial charge in [0.2, 0.25) is 5.95 Å². The van der Waals surface area contributed by atoms with E-state index in [1.807, 2.05) is 6.07 Å². The maximum absolute atomic E-state index is 6.20. The van der Waals surface area contributed by atoms with Crippen LogP contribution in [-0.2, 0) is 6.54 Å². The molecule has 0 bridgehead atoms. The second kappa shape index (κ2) is 7.72. The molecule has 8 nitrogen and oxygen atoms in total. The quantitative estimate of drug-likeness (QED) is 0.660. The van der Waals surface area contributed by atoms with E-state index in [0.29, 0.717) is 18.5 Å². The van der Waals surface area contributed by atoms with Crippen LogP contribution in [0.4, 0.5) is 5.95 Å². The minimum absolute atomic E-state index is 0.535. The van der Waals surface area contributed by atoms with Crippen molar-refractivity contribution in [3.63, 3.8) is 0 Å². The molecule has 26 heavy (non-hydrogen) atoms. The molecule has 1 aliphatic carbocycles. The van der Waals surface area contributed by atoms with Crippen molar-refractivity contribution in [2.24, 2.45) is 10.7 Å². The summed E-state index contributed by atoms with van der Waals surface area (Å²) in [6.45, 7) is 3.87. The molecule has 2 N–H and O–H groups in total. The van der Waals surface area contributed by atoms with E-state index >= 15 is 0 Å². The Morgan fingerprint density at radius 3 is 2.58 bits per heavy atom. The molecule has 3 heterocycles. The Hall–Kier alpha value is -2.64. The number of aromatic nitrogens is 4. The van der Waals surface area contributed by atoms with Crippen molar-refractivity contribution < 1.29 is 0 Å². The molecular weight excluding hydrogens is 328 g/mol. The van der Waals surface area contributed by atoms with Gasteiger partial charge in [0.05, 0.1) is 18.3 Å². The van der Waals surface area contributed by atoms with Crippen LogP contribution in [-0.4, -0.2) is 56.8 Å². The van der Waals surface area contributed by atoms with Crippen molar-refractivity contribution in [3.8, 4) is 0 Å². The standard InChI is InChI=1S/C18H26N8/c19-17(22-14-15-6-9-26(23-15)16-4-1-2-5-16)24-10-12-25(13-11-24)18-20-7-3-8-21-18/h3,6-9,16H,1-2,4-5,10-14H2,(H2,19,22). The molecule has 0 amide bonds. The van der Waals surface area contributed by atoms with Crippen molar-refractivity contribution in [1.29, 1.82) is 0 Å². The number of hydrogen-bond acceptors (Lipinski definition) is 5. The number of piperazine rings is 1. The van der Waals surface area contributed by atoms with Crippen molar-refractivity contribution in [2.75, 3.05) is 31.1 Å². The number of guanidine groups is 1. The zero-order valence-corrected chi connectivity index (χ0v) is 15.0. The summed E-state index contributed by atoms with van der Waals surface area (Å²) in [7, 11) is 0. The Morgan fingerprint density at radius 2 is 1.85 bits per heavy atom. The van der Waals surface area contributed by atoms with Gasteiger partial charge in [0.25, 0.3) is 0 Å². The van der Waals surface area contributed by atoms with Gasteiger partial charge in [0, 0.05) is 44.8 Å². The van der Waals surface area contributed by atoms with E-state index in [9.17, 15) is 0 Å². The lowest BCUT2D eigenvalue weighted by Gasteiger charge is -2.35. The molecule has 2 aromatic rings. The predicted molar refractivity (Wildman–Crippen MR) is 101 cm³/mol. The lowest BCUT2D eigenvalue weighted by Crippen LogP contribution is -2.51. The fourth-order valence-corrected chi connectivity index (χ4v) is 3.69. The van der Waals surface area contributed by atoms with Crippen LogP contribution in [0.1, 0.15) is 37.4 Å². The second-order valence-electron chi connectivity index (χ2n) is 6.92. The summed E-state index contributed by atoms with van der Waals surface area (Å²) in [5.74, 6) is 1.37. The van der Waals surface area contributed by atoms with Crippen molar-refractivity contribution >= 4 is 11.9 Å². The largest absolute Gasteiger partial charge is 0.370 e. The zero-order chi connectivity index (χ0) is 17.8. The van der Waals surface area contributed by atoms with Crippen LogP contribution in [0.15, 0.2) is 35.7 Å². The molecule has 1 saturated heterocycles. The number of rotatable bonds is 4. The summed E-state index contributed by atoms with van der Waals surface area (Å²) in [4.78, 5) is 17.5. The Bertz CT molecular complexity index is 727. The molecule has 0 spiro atoms. The first-order valence-electron chi connectivity index (χ1n) is 9.40. The average Bonchev–Trinajstić information content (AvgIpc) is 3.38. The van der Waals surface area contributed by atoms with Gasteiger partial charge < -0.3 is 15.5 Å². The van der Waals surface area contributed by atoms with Crippen molar-refractivity contribution in [1.82, 2.24) is 24.6 Å². The fraction of sp³-hybridized carbons (Fsp3) is 0.556. The van der Waals surface area contributed by atoms with Crippen LogP contribution in [0.3, 0.4) is 0 Å². The maximum atomic E-state index is 6.20. The summed E-state index contributed by atoms with van der Waals surface area (Å²) in [5, 5.41) is 4.67. The molecule has 0 aromatic carbocycles. The Morgan fingerprint density at radius 1 is 1.12 bits per heavy atom. The third-order valence-corrected chi connectivity index (χ3v) is 5.20. The lowest BCUT2D eigenvalue weighted by molar-refractivity contribution is 0.378. The Labute approximate surface area is 153 Å². The molecule has 8 heteroatoms. The van der Waals surface area contributed by atoms with E-state index in [0.717, 1.165) is 37.8 Å². The van der Waals surface area contributed by atoms with Gasteiger partial charge in [0.15, 0.2) is 5.96 Å². The normalized spacial score (nSPS) is 19.3. The fourth-order valence-electron chi connectivity index (χ4n) is 3.69. The summed E-state index contributed by atoms with van der Waals surface area (Å²) in [6.07, 6.45) is 10.7. The maximum Gasteiger partial charge on any atom is 0.225 e. The second-order valence-corrected chi connectivity index (χ2v) is 6.92. The van der Waals surface area contributed by atoms with E-state index in [4.69, 9.17) is 5.73 Å². The van der Waals surface area contributed by atoms with Crippen LogP contribution in [0.2, 0.25) is 0 Å². The molecule has 1 saturated carbocycles. The molecular formula is C18H26N8. The Kier molecular flexibility index (Phi) is 4.99. The van der Waals surface area contributed by atoms with E-state index < -0.39 is 0 Å². The third-order valence-electron chi connectivity index (χ3n) is 5.20. The van der Waals surface area contributed by atoms with Crippen LogP contribution in [0, 0.1) is 0 Å². The van der Waals surface area contributed by atoms with Gasteiger partial charge in [-0.1, -0.05) is 12.8 Å². The first-order chi connectivity index (χ1) is 12.8. The Balaban J connectivity index is 1.30. The van der Waals surface area contributed by atoms with Crippen molar-refractivity contribution in [3.05, 3.63) is 36.4 Å². The molecule has 138 valence electrons. The highest BCUT2D eigenvalue weighted by atomic mass is 15.4. The smallest absolute Gasteiger partial charge is 0.225 e. The lowest BCUT2D eigenvalue weighted by atomic mass is 10.3. The molecule has 4 rings (SSSR count). The number of nitrogens with two attached hydrogens (primary N) is 1. The van der Waals surface area contributed by atoms with Crippen LogP contribution in [0.5, 0.6) is 0 Å². The molecule has 0 unspecified atom stereocenters. The number of nitrogens with zero attached hydrogens (tertiary/aromatic N) is 7. The molecule has 0 atom stereocenters. The topological polar surface area (TPSA) is 88.5 Å². The summed E-state index contributed by atoms with van der Waals surface area (Å²) < 4.78 is 2.10. The first kappa shape index (κ1) is 16.8. The van der Waals surface area contributed by atoms with Gasteiger partial charge in [-0.2, -0.15) is 5.10 Å². The summed E-state index contributed by atoms with van der Waals surface area (Å²) in [5.41, 5.74) is 7.18. The summed E-state index contributed by atoms with van der Waals surface area (Å²) in [6, 6.07) is 4.46. The third kappa shape index (κ3) is 3.79. The van der Waals surface area contributed by atoms with Gasteiger partial charge in [-0.15, -0.1) is 0 Å². The minimum Gasteiger partial charge on any atom is -0.370 e. The molecule has 2 aliphatic rings.